The van der Waals surface area contributed by atoms with E-state index in [-0.39, 0.29) is 30.6 Å². The van der Waals surface area contributed by atoms with E-state index in [1.165, 1.54) is 12.1 Å². The lowest BCUT2D eigenvalue weighted by molar-refractivity contribution is -0.137. The number of fused-ring (bicyclic) bond motifs is 1. The predicted molar refractivity (Wildman–Crippen MR) is 119 cm³/mol. The number of halogens is 4. The van der Waals surface area contributed by atoms with E-state index in [4.69, 9.17) is 5.73 Å². The molecule has 0 aliphatic carbocycles. The van der Waals surface area contributed by atoms with Crippen molar-refractivity contribution in [2.75, 3.05) is 24.5 Å². The molecular weight excluding hydrogens is 434 g/mol. The monoisotopic (exact) mass is 463 g/mol. The van der Waals surface area contributed by atoms with Gasteiger partial charge in [-0.25, -0.2) is 4.39 Å². The van der Waals surface area contributed by atoms with Gasteiger partial charge in [-0.05, 0) is 61.4 Å². The molecule has 1 unspecified atom stereocenters. The van der Waals surface area contributed by atoms with Crippen molar-refractivity contribution in [3.63, 3.8) is 0 Å². The molecule has 178 valence electrons. The van der Waals surface area contributed by atoms with E-state index in [2.05, 4.69) is 0 Å². The lowest BCUT2D eigenvalue weighted by atomic mass is 9.98. The third-order valence-electron chi connectivity index (χ3n) is 6.63. The van der Waals surface area contributed by atoms with Crippen LogP contribution in [0.1, 0.15) is 42.4 Å². The van der Waals surface area contributed by atoms with E-state index in [9.17, 15) is 22.4 Å². The number of alkyl halides is 3. The zero-order valence-corrected chi connectivity index (χ0v) is 18.5. The van der Waals surface area contributed by atoms with Crippen LogP contribution in [0.4, 0.5) is 23.2 Å². The van der Waals surface area contributed by atoms with E-state index < -0.39 is 17.8 Å². The first-order valence-corrected chi connectivity index (χ1v) is 11.5. The van der Waals surface area contributed by atoms with E-state index in [0.29, 0.717) is 30.9 Å². The zero-order valence-electron chi connectivity index (χ0n) is 18.5. The summed E-state index contributed by atoms with van der Waals surface area (Å²) in [5.41, 5.74) is 7.53. The van der Waals surface area contributed by atoms with Crippen molar-refractivity contribution in [3.05, 3.63) is 65.0 Å². The normalized spacial score (nSPS) is 19.5. The highest BCUT2D eigenvalue weighted by molar-refractivity contribution is 5.77. The first-order valence-electron chi connectivity index (χ1n) is 11.5. The maximum atomic E-state index is 13.9. The van der Waals surface area contributed by atoms with Gasteiger partial charge in [-0.3, -0.25) is 4.79 Å². The third kappa shape index (κ3) is 5.49. The summed E-state index contributed by atoms with van der Waals surface area (Å²) in [7, 11) is 0. The van der Waals surface area contributed by atoms with Gasteiger partial charge < -0.3 is 15.5 Å². The molecule has 0 aromatic heterocycles. The van der Waals surface area contributed by atoms with Crippen molar-refractivity contribution >= 4 is 11.6 Å². The Morgan fingerprint density at radius 3 is 2.67 bits per heavy atom. The molecule has 1 saturated heterocycles. The van der Waals surface area contributed by atoms with Crippen molar-refractivity contribution < 1.29 is 22.4 Å². The van der Waals surface area contributed by atoms with Crippen LogP contribution in [0.25, 0.3) is 0 Å². The molecule has 0 bridgehead atoms. The molecule has 2 N–H and O–H groups in total. The summed E-state index contributed by atoms with van der Waals surface area (Å²) >= 11 is 0. The molecule has 2 aromatic rings. The summed E-state index contributed by atoms with van der Waals surface area (Å²) in [6, 6.07) is 9.78. The quantitative estimate of drug-likeness (QED) is 0.640. The molecular formula is C25H29F4N3O. The number of carbonyl (C=O) groups is 1. The largest absolute Gasteiger partial charge is 0.416 e. The number of aryl methyl sites for hydroxylation is 1. The van der Waals surface area contributed by atoms with Crippen LogP contribution < -0.4 is 10.6 Å². The Kier molecular flexibility index (Phi) is 6.93. The summed E-state index contributed by atoms with van der Waals surface area (Å²) in [6.45, 7) is 1.78. The molecule has 0 radical (unpaired) electrons. The standard InChI is InChI=1S/C25H29F4N3O/c26-22-8-2-1-5-18(22)13-20(30)15-24(33)32-12-4-7-21(32)16-31-11-3-6-17-9-10-19(14-23(17)31)25(27,28)29/h1-2,5,8-10,14,20-21H,3-4,6-7,11-13,15-16,30H2/t20-,21?/m1/s1. The first-order chi connectivity index (χ1) is 15.7. The Labute approximate surface area is 191 Å². The Bertz CT molecular complexity index is 994. The maximum Gasteiger partial charge on any atom is 0.416 e. The van der Waals surface area contributed by atoms with Crippen molar-refractivity contribution in [2.24, 2.45) is 5.73 Å². The summed E-state index contributed by atoms with van der Waals surface area (Å²) < 4.78 is 53.7. The first kappa shape index (κ1) is 23.5. The number of hydrogen-bond donors (Lipinski definition) is 1. The van der Waals surface area contributed by atoms with Crippen LogP contribution in [0.5, 0.6) is 0 Å². The van der Waals surface area contributed by atoms with Crippen LogP contribution in [0.2, 0.25) is 0 Å². The molecule has 4 nitrogen and oxygen atoms in total. The molecule has 0 saturated carbocycles. The van der Waals surface area contributed by atoms with Gasteiger partial charge in [0.25, 0.3) is 0 Å². The molecule has 4 rings (SSSR count). The minimum absolute atomic E-state index is 0.0707. The molecule has 1 fully saturated rings. The highest BCUT2D eigenvalue weighted by Crippen LogP contribution is 2.36. The fourth-order valence-electron chi connectivity index (χ4n) is 4.98. The average Bonchev–Trinajstić information content (AvgIpc) is 3.23. The van der Waals surface area contributed by atoms with Gasteiger partial charge in [0.1, 0.15) is 5.82 Å². The van der Waals surface area contributed by atoms with Crippen LogP contribution in [0.15, 0.2) is 42.5 Å². The number of amides is 1. The lowest BCUT2D eigenvalue weighted by Crippen LogP contribution is -2.46. The number of nitrogens with zero attached hydrogens (tertiary/aromatic N) is 2. The van der Waals surface area contributed by atoms with Gasteiger partial charge in [0.15, 0.2) is 0 Å². The fourth-order valence-corrected chi connectivity index (χ4v) is 4.98. The fraction of sp³-hybridized carbons (Fsp3) is 0.480. The van der Waals surface area contributed by atoms with Crippen molar-refractivity contribution in [3.8, 4) is 0 Å². The van der Waals surface area contributed by atoms with Crippen LogP contribution >= 0.6 is 0 Å². The molecule has 8 heteroatoms. The zero-order chi connectivity index (χ0) is 23.6. The van der Waals surface area contributed by atoms with Crippen LogP contribution in [0, 0.1) is 5.82 Å². The van der Waals surface area contributed by atoms with E-state index in [1.54, 1.807) is 24.3 Å². The molecule has 2 heterocycles. The summed E-state index contributed by atoms with van der Waals surface area (Å²) in [5, 5.41) is 0. The molecule has 2 atom stereocenters. The van der Waals surface area contributed by atoms with Crippen molar-refractivity contribution in [1.82, 2.24) is 4.90 Å². The van der Waals surface area contributed by atoms with E-state index in [0.717, 1.165) is 37.3 Å². The molecule has 0 spiro atoms. The molecule has 33 heavy (non-hydrogen) atoms. The Hall–Kier alpha value is -2.61. The van der Waals surface area contributed by atoms with Gasteiger partial charge in [-0.1, -0.05) is 24.3 Å². The number of likely N-dealkylation sites (tertiary alicyclic amines) is 1. The second kappa shape index (κ2) is 9.71. The Morgan fingerprint density at radius 1 is 1.12 bits per heavy atom. The van der Waals surface area contributed by atoms with Crippen LogP contribution in [-0.2, 0) is 23.8 Å². The topological polar surface area (TPSA) is 49.6 Å². The van der Waals surface area contributed by atoms with E-state index >= 15 is 0 Å². The van der Waals surface area contributed by atoms with Gasteiger partial charge in [-0.15, -0.1) is 0 Å². The number of anilines is 1. The van der Waals surface area contributed by atoms with Crippen molar-refractivity contribution in [2.45, 2.75) is 56.8 Å². The maximum absolute atomic E-state index is 13.9. The van der Waals surface area contributed by atoms with Crippen LogP contribution in [0.3, 0.4) is 0 Å². The van der Waals surface area contributed by atoms with Gasteiger partial charge in [0.2, 0.25) is 5.91 Å². The number of benzene rings is 2. The summed E-state index contributed by atoms with van der Waals surface area (Å²) in [6.07, 6.45) is -0.728. The van der Waals surface area contributed by atoms with Crippen molar-refractivity contribution in [1.29, 1.82) is 0 Å². The SMILES string of the molecule is N[C@@H](CC(=O)N1CCCC1CN1CCCc2ccc(C(F)(F)F)cc21)Cc1ccccc1F. The smallest absolute Gasteiger partial charge is 0.369 e. The third-order valence-corrected chi connectivity index (χ3v) is 6.63. The Morgan fingerprint density at radius 2 is 1.91 bits per heavy atom. The highest BCUT2D eigenvalue weighted by atomic mass is 19.4. The summed E-state index contributed by atoms with van der Waals surface area (Å²) in [5.74, 6) is -0.413. The molecule has 1 amide bonds. The lowest BCUT2D eigenvalue weighted by Gasteiger charge is -2.36. The minimum Gasteiger partial charge on any atom is -0.369 e. The second-order valence-electron chi connectivity index (χ2n) is 9.03. The Balaban J connectivity index is 1.42. The van der Waals surface area contributed by atoms with Gasteiger partial charge >= 0.3 is 6.18 Å². The van der Waals surface area contributed by atoms with Gasteiger partial charge in [-0.2, -0.15) is 13.2 Å². The van der Waals surface area contributed by atoms with Gasteiger partial charge in [0, 0.05) is 43.8 Å². The average molecular weight is 464 g/mol. The molecule has 2 aliphatic rings. The molecule has 2 aromatic carbocycles. The number of rotatable bonds is 6. The number of carbonyl (C=O) groups excluding carboxylic acids is 1. The number of nitrogens with two attached hydrogens (primary N) is 1. The van der Waals surface area contributed by atoms with Gasteiger partial charge in [0.05, 0.1) is 5.56 Å². The predicted octanol–water partition coefficient (Wildman–Crippen LogP) is 4.55. The second-order valence-corrected chi connectivity index (χ2v) is 9.03. The van der Waals surface area contributed by atoms with Crippen LogP contribution in [-0.4, -0.2) is 42.5 Å². The highest BCUT2D eigenvalue weighted by Gasteiger charge is 2.34. The number of hydrogen-bond acceptors (Lipinski definition) is 3. The van der Waals surface area contributed by atoms with E-state index in [1.807, 2.05) is 9.80 Å². The molecule has 2 aliphatic heterocycles. The minimum atomic E-state index is -4.39. The summed E-state index contributed by atoms with van der Waals surface area (Å²) in [4.78, 5) is 16.8.